The average molecular weight is 302 g/mol. The summed E-state index contributed by atoms with van der Waals surface area (Å²) >= 11 is 5.79. The van der Waals surface area contributed by atoms with Crippen LogP contribution in [0.1, 0.15) is 16.8 Å². The predicted molar refractivity (Wildman–Crippen MR) is 70.9 cm³/mol. The van der Waals surface area contributed by atoms with Crippen LogP contribution in [0.2, 0.25) is 5.02 Å². The molecule has 0 aromatic heterocycles. The average Bonchev–Trinajstić information content (AvgIpc) is 2.39. The van der Waals surface area contributed by atoms with Crippen molar-refractivity contribution in [2.24, 2.45) is 0 Å². The van der Waals surface area contributed by atoms with Gasteiger partial charge in [-0.25, -0.2) is 13.2 Å². The second-order valence-electron chi connectivity index (χ2n) is 4.07. The Hall–Kier alpha value is -1.37. The number of benzene rings is 1. The van der Waals surface area contributed by atoms with Crippen LogP contribution in [0.15, 0.2) is 35.2 Å². The van der Waals surface area contributed by atoms with Crippen LogP contribution in [-0.2, 0) is 10.0 Å². The van der Waals surface area contributed by atoms with Crippen LogP contribution in [0, 0.1) is 0 Å². The Labute approximate surface area is 116 Å². The van der Waals surface area contributed by atoms with E-state index < -0.39 is 16.0 Å². The van der Waals surface area contributed by atoms with Crippen LogP contribution in [0.5, 0.6) is 0 Å². The van der Waals surface area contributed by atoms with Gasteiger partial charge in [-0.05, 0) is 24.6 Å². The van der Waals surface area contributed by atoms with Crippen molar-refractivity contribution in [3.05, 3.63) is 40.9 Å². The highest BCUT2D eigenvalue weighted by atomic mass is 35.5. The lowest BCUT2D eigenvalue weighted by atomic mass is 10.2. The smallest absolute Gasteiger partial charge is 0.337 e. The number of hydrogen-bond acceptors (Lipinski definition) is 3. The fourth-order valence-corrected chi connectivity index (χ4v) is 3.58. The summed E-state index contributed by atoms with van der Waals surface area (Å²) in [7, 11) is -3.62. The first-order chi connectivity index (χ1) is 8.93. The zero-order valence-electron chi connectivity index (χ0n) is 9.91. The molecule has 0 atom stereocenters. The van der Waals surface area contributed by atoms with Gasteiger partial charge in [0, 0.05) is 13.1 Å². The van der Waals surface area contributed by atoms with Gasteiger partial charge in [0.1, 0.15) is 0 Å². The molecule has 0 aliphatic carbocycles. The van der Waals surface area contributed by atoms with Crippen molar-refractivity contribution in [1.82, 2.24) is 4.31 Å². The summed E-state index contributed by atoms with van der Waals surface area (Å²) in [6.07, 6.45) is 4.38. The molecule has 0 saturated heterocycles. The Morgan fingerprint density at radius 1 is 1.32 bits per heavy atom. The Balaban J connectivity index is 2.38. The lowest BCUT2D eigenvalue weighted by molar-refractivity contribution is 0.0697. The lowest BCUT2D eigenvalue weighted by Crippen LogP contribution is -2.33. The summed E-state index contributed by atoms with van der Waals surface area (Å²) in [5.41, 5.74) is -0.112. The Morgan fingerprint density at radius 3 is 2.58 bits per heavy atom. The molecule has 1 aliphatic rings. The van der Waals surface area contributed by atoms with E-state index in [2.05, 4.69) is 0 Å². The molecule has 0 amide bonds. The molecule has 1 heterocycles. The molecule has 1 aliphatic heterocycles. The molecule has 1 aromatic carbocycles. The number of halogens is 1. The zero-order valence-corrected chi connectivity index (χ0v) is 11.5. The highest BCUT2D eigenvalue weighted by molar-refractivity contribution is 7.89. The number of sulfonamides is 1. The maximum atomic E-state index is 12.3. The normalized spacial score (nSPS) is 16.5. The lowest BCUT2D eigenvalue weighted by Gasteiger charge is -2.22. The predicted octanol–water partition coefficient (Wildman–Crippen LogP) is 1.99. The number of rotatable bonds is 3. The summed E-state index contributed by atoms with van der Waals surface area (Å²) in [5.74, 6) is -1.19. The molecule has 2 rings (SSSR count). The molecule has 7 heteroatoms. The highest BCUT2D eigenvalue weighted by Gasteiger charge is 2.25. The van der Waals surface area contributed by atoms with Gasteiger partial charge in [0.15, 0.2) is 0 Å². The molecule has 5 nitrogen and oxygen atoms in total. The van der Waals surface area contributed by atoms with Gasteiger partial charge in [-0.1, -0.05) is 23.8 Å². The Bertz CT molecular complexity index is 639. The summed E-state index contributed by atoms with van der Waals surface area (Å²) in [6.45, 7) is 0.734. The highest BCUT2D eigenvalue weighted by Crippen LogP contribution is 2.24. The number of nitrogens with zero attached hydrogens (tertiary/aromatic N) is 1. The minimum Gasteiger partial charge on any atom is -0.478 e. The zero-order chi connectivity index (χ0) is 14.0. The number of carbonyl (C=O) groups is 1. The first kappa shape index (κ1) is 14.0. The van der Waals surface area contributed by atoms with Gasteiger partial charge in [-0.2, -0.15) is 4.31 Å². The fraction of sp³-hybridized carbons (Fsp3) is 0.250. The quantitative estimate of drug-likeness (QED) is 0.866. The van der Waals surface area contributed by atoms with Crippen LogP contribution in [0.4, 0.5) is 0 Å². The molecular weight excluding hydrogens is 290 g/mol. The van der Waals surface area contributed by atoms with E-state index in [1.165, 1.54) is 22.5 Å². The molecule has 0 saturated carbocycles. The largest absolute Gasteiger partial charge is 0.478 e. The van der Waals surface area contributed by atoms with E-state index in [-0.39, 0.29) is 15.5 Å². The molecule has 0 unspecified atom stereocenters. The second kappa shape index (κ2) is 5.32. The third-order valence-corrected chi connectivity index (χ3v) is 5.00. The van der Waals surface area contributed by atoms with Gasteiger partial charge in [-0.3, -0.25) is 0 Å². The summed E-state index contributed by atoms with van der Waals surface area (Å²) in [5, 5.41) is 8.77. The van der Waals surface area contributed by atoms with Crippen molar-refractivity contribution in [3.63, 3.8) is 0 Å². The Morgan fingerprint density at radius 2 is 2.05 bits per heavy atom. The molecule has 19 heavy (non-hydrogen) atoms. The number of hydrogen-bond donors (Lipinski definition) is 1. The summed E-state index contributed by atoms with van der Waals surface area (Å²) in [4.78, 5) is 10.8. The fourth-order valence-electron chi connectivity index (χ4n) is 1.82. The monoisotopic (exact) mass is 301 g/mol. The number of aromatic carboxylic acids is 1. The van der Waals surface area contributed by atoms with Crippen molar-refractivity contribution in [3.8, 4) is 0 Å². The van der Waals surface area contributed by atoms with Crippen molar-refractivity contribution in [2.45, 2.75) is 11.3 Å². The Kier molecular flexibility index (Phi) is 3.93. The van der Waals surface area contributed by atoms with Gasteiger partial charge >= 0.3 is 5.97 Å². The van der Waals surface area contributed by atoms with Crippen LogP contribution in [0.25, 0.3) is 0 Å². The maximum absolute atomic E-state index is 12.3. The SMILES string of the molecule is O=C(O)c1ccc(S(=O)(=O)N2CC=CCC2)cc1Cl. The topological polar surface area (TPSA) is 74.7 Å². The molecule has 1 N–H and O–H groups in total. The van der Waals surface area contributed by atoms with Crippen LogP contribution >= 0.6 is 11.6 Å². The van der Waals surface area contributed by atoms with Gasteiger partial charge < -0.3 is 5.11 Å². The summed E-state index contributed by atoms with van der Waals surface area (Å²) < 4.78 is 25.9. The van der Waals surface area contributed by atoms with Crippen LogP contribution < -0.4 is 0 Å². The molecule has 0 spiro atoms. The van der Waals surface area contributed by atoms with Crippen molar-refractivity contribution >= 4 is 27.6 Å². The second-order valence-corrected chi connectivity index (χ2v) is 6.42. The molecule has 102 valence electrons. The van der Waals surface area contributed by atoms with Gasteiger partial charge in [-0.15, -0.1) is 0 Å². The number of carboxylic acid groups (broad SMARTS) is 1. The first-order valence-corrected chi connectivity index (χ1v) is 7.43. The maximum Gasteiger partial charge on any atom is 0.337 e. The van der Waals surface area contributed by atoms with Crippen LogP contribution in [-0.4, -0.2) is 36.9 Å². The molecule has 1 aromatic rings. The van der Waals surface area contributed by atoms with E-state index in [9.17, 15) is 13.2 Å². The first-order valence-electron chi connectivity index (χ1n) is 5.61. The van der Waals surface area contributed by atoms with Gasteiger partial charge in [0.2, 0.25) is 10.0 Å². The molecule has 0 fully saturated rings. The van der Waals surface area contributed by atoms with E-state index in [1.54, 1.807) is 6.08 Å². The molecule has 0 bridgehead atoms. The standard InChI is InChI=1S/C12H12ClNO4S/c13-11-8-9(4-5-10(11)12(15)16)19(17,18)14-6-2-1-3-7-14/h1-2,4-5,8H,3,6-7H2,(H,15,16). The van der Waals surface area contributed by atoms with Crippen molar-refractivity contribution in [1.29, 1.82) is 0 Å². The third kappa shape index (κ3) is 2.80. The van der Waals surface area contributed by atoms with Crippen molar-refractivity contribution in [2.75, 3.05) is 13.1 Å². The molecular formula is C12H12ClNO4S. The van der Waals surface area contributed by atoms with Crippen molar-refractivity contribution < 1.29 is 18.3 Å². The van der Waals surface area contributed by atoms with Gasteiger partial charge in [0.05, 0.1) is 15.5 Å². The van der Waals surface area contributed by atoms with E-state index in [1.807, 2.05) is 6.08 Å². The summed E-state index contributed by atoms with van der Waals surface area (Å²) in [6, 6.07) is 3.65. The third-order valence-electron chi connectivity index (χ3n) is 2.83. The van der Waals surface area contributed by atoms with Crippen LogP contribution in [0.3, 0.4) is 0 Å². The van der Waals surface area contributed by atoms with E-state index in [0.717, 1.165) is 0 Å². The van der Waals surface area contributed by atoms with Gasteiger partial charge in [0.25, 0.3) is 0 Å². The van der Waals surface area contributed by atoms with E-state index in [0.29, 0.717) is 19.5 Å². The van der Waals surface area contributed by atoms with E-state index >= 15 is 0 Å². The minimum absolute atomic E-state index is 0.0119. The van der Waals surface area contributed by atoms with E-state index in [4.69, 9.17) is 16.7 Å². The number of carboxylic acids is 1. The minimum atomic E-state index is -3.62. The molecule has 0 radical (unpaired) electrons.